The van der Waals surface area contributed by atoms with Crippen molar-refractivity contribution in [2.24, 2.45) is 0 Å². The molecule has 5 heteroatoms. The summed E-state index contributed by atoms with van der Waals surface area (Å²) in [5, 5.41) is 13.7. The van der Waals surface area contributed by atoms with E-state index in [4.69, 9.17) is 4.74 Å². The molecule has 1 aromatic rings. The summed E-state index contributed by atoms with van der Waals surface area (Å²) in [5.41, 5.74) is -0.664. The van der Waals surface area contributed by atoms with E-state index in [1.807, 2.05) is 37.1 Å². The fourth-order valence-electron chi connectivity index (χ4n) is 2.35. The molecule has 1 fully saturated rings. The first-order valence-corrected chi connectivity index (χ1v) is 6.85. The number of nitrogens with one attached hydrogen (secondary N) is 1. The van der Waals surface area contributed by atoms with Crippen LogP contribution in [-0.4, -0.2) is 49.0 Å². The molecule has 0 bridgehead atoms. The van der Waals surface area contributed by atoms with Gasteiger partial charge in [-0.1, -0.05) is 6.07 Å². The third-order valence-electron chi connectivity index (χ3n) is 3.44. The molecule has 1 saturated heterocycles. The van der Waals surface area contributed by atoms with E-state index < -0.39 is 5.60 Å². The molecule has 1 aliphatic rings. The van der Waals surface area contributed by atoms with Crippen molar-refractivity contribution in [1.29, 1.82) is 0 Å². The molecule has 106 valence electrons. The van der Waals surface area contributed by atoms with Crippen molar-refractivity contribution in [3.05, 3.63) is 18.2 Å². The van der Waals surface area contributed by atoms with E-state index in [1.54, 1.807) is 0 Å². The van der Waals surface area contributed by atoms with Crippen LogP contribution < -0.4 is 10.2 Å². The van der Waals surface area contributed by atoms with E-state index in [0.717, 1.165) is 18.2 Å². The summed E-state index contributed by atoms with van der Waals surface area (Å²) in [7, 11) is 1.96. The number of likely N-dealkylation sites (N-methyl/N-ethyl adjacent to an activating group) is 1. The van der Waals surface area contributed by atoms with E-state index in [0.29, 0.717) is 32.6 Å². The Hall–Kier alpha value is -1.33. The number of aromatic nitrogens is 1. The molecule has 0 saturated carbocycles. The zero-order chi connectivity index (χ0) is 13.7. The van der Waals surface area contributed by atoms with Gasteiger partial charge >= 0.3 is 0 Å². The average molecular weight is 265 g/mol. The SMILES string of the molecule is CCNc1cccc(N(C)CC2(O)CCOCC2)n1. The van der Waals surface area contributed by atoms with Gasteiger partial charge in [0.1, 0.15) is 11.6 Å². The highest BCUT2D eigenvalue weighted by molar-refractivity contribution is 5.46. The van der Waals surface area contributed by atoms with E-state index in [-0.39, 0.29) is 0 Å². The third-order valence-corrected chi connectivity index (χ3v) is 3.44. The average Bonchev–Trinajstić information content (AvgIpc) is 2.40. The Kier molecular flexibility index (Phi) is 4.61. The van der Waals surface area contributed by atoms with Crippen molar-refractivity contribution in [1.82, 2.24) is 4.98 Å². The van der Waals surface area contributed by atoms with Gasteiger partial charge in [0.25, 0.3) is 0 Å². The Labute approximate surface area is 114 Å². The van der Waals surface area contributed by atoms with Crippen LogP contribution in [0.25, 0.3) is 0 Å². The van der Waals surface area contributed by atoms with Gasteiger partial charge in [0.15, 0.2) is 0 Å². The summed E-state index contributed by atoms with van der Waals surface area (Å²) in [4.78, 5) is 6.54. The second-order valence-corrected chi connectivity index (χ2v) is 5.10. The molecule has 0 radical (unpaired) electrons. The van der Waals surface area contributed by atoms with Crippen LogP contribution in [0.3, 0.4) is 0 Å². The van der Waals surface area contributed by atoms with Gasteiger partial charge in [-0.15, -0.1) is 0 Å². The maximum atomic E-state index is 10.5. The second kappa shape index (κ2) is 6.21. The van der Waals surface area contributed by atoms with Crippen LogP contribution in [-0.2, 0) is 4.74 Å². The van der Waals surface area contributed by atoms with Crippen LogP contribution in [0.2, 0.25) is 0 Å². The van der Waals surface area contributed by atoms with Crippen LogP contribution in [0, 0.1) is 0 Å². The van der Waals surface area contributed by atoms with E-state index in [9.17, 15) is 5.11 Å². The highest BCUT2D eigenvalue weighted by Crippen LogP contribution is 2.23. The van der Waals surface area contributed by atoms with Crippen LogP contribution in [0.4, 0.5) is 11.6 Å². The first-order valence-electron chi connectivity index (χ1n) is 6.85. The number of rotatable bonds is 5. The van der Waals surface area contributed by atoms with Gasteiger partial charge < -0.3 is 20.1 Å². The number of ether oxygens (including phenoxy) is 1. The van der Waals surface area contributed by atoms with E-state index in [1.165, 1.54) is 0 Å². The Morgan fingerprint density at radius 3 is 2.84 bits per heavy atom. The summed E-state index contributed by atoms with van der Waals surface area (Å²) in [6, 6.07) is 5.89. The van der Waals surface area contributed by atoms with E-state index >= 15 is 0 Å². The van der Waals surface area contributed by atoms with Crippen LogP contribution >= 0.6 is 0 Å². The Morgan fingerprint density at radius 2 is 2.16 bits per heavy atom. The predicted octanol–water partition coefficient (Wildman–Crippen LogP) is 1.49. The molecule has 1 aromatic heterocycles. The number of pyridine rings is 1. The second-order valence-electron chi connectivity index (χ2n) is 5.10. The summed E-state index contributed by atoms with van der Waals surface area (Å²) >= 11 is 0. The Bertz CT molecular complexity index is 405. The summed E-state index contributed by atoms with van der Waals surface area (Å²) < 4.78 is 5.30. The maximum Gasteiger partial charge on any atom is 0.130 e. The first-order chi connectivity index (χ1) is 9.13. The molecule has 0 unspecified atom stereocenters. The Morgan fingerprint density at radius 1 is 1.42 bits per heavy atom. The molecule has 0 aromatic carbocycles. The van der Waals surface area contributed by atoms with E-state index in [2.05, 4.69) is 10.3 Å². The normalized spacial score (nSPS) is 18.1. The van der Waals surface area contributed by atoms with Crippen molar-refractivity contribution in [2.75, 3.05) is 43.6 Å². The van der Waals surface area contributed by atoms with Crippen molar-refractivity contribution in [3.8, 4) is 0 Å². The quantitative estimate of drug-likeness (QED) is 0.845. The zero-order valence-electron chi connectivity index (χ0n) is 11.7. The number of anilines is 2. The largest absolute Gasteiger partial charge is 0.388 e. The molecule has 0 aliphatic carbocycles. The molecule has 0 atom stereocenters. The van der Waals surface area contributed by atoms with Gasteiger partial charge in [-0.25, -0.2) is 4.98 Å². The van der Waals surface area contributed by atoms with Crippen LogP contribution in [0.1, 0.15) is 19.8 Å². The summed E-state index contributed by atoms with van der Waals surface area (Å²) in [6.45, 7) is 4.74. The fourth-order valence-corrected chi connectivity index (χ4v) is 2.35. The lowest BCUT2D eigenvalue weighted by molar-refractivity contribution is -0.0573. The molecule has 2 rings (SSSR count). The van der Waals surface area contributed by atoms with Gasteiger partial charge in [-0.2, -0.15) is 0 Å². The molecule has 2 heterocycles. The topological polar surface area (TPSA) is 57.6 Å². The number of hydrogen-bond donors (Lipinski definition) is 2. The van der Waals surface area contributed by atoms with Crippen LogP contribution in [0.15, 0.2) is 18.2 Å². The molecule has 19 heavy (non-hydrogen) atoms. The highest BCUT2D eigenvalue weighted by Gasteiger charge is 2.31. The first kappa shape index (κ1) is 14.1. The molecule has 0 spiro atoms. The third kappa shape index (κ3) is 3.81. The minimum Gasteiger partial charge on any atom is -0.388 e. The standard InChI is InChI=1S/C14H23N3O2/c1-3-15-12-5-4-6-13(16-12)17(2)11-14(18)7-9-19-10-8-14/h4-6,18H,3,7-11H2,1-2H3,(H,15,16). The van der Waals surface area contributed by atoms with Gasteiger partial charge in [-0.3, -0.25) is 0 Å². The van der Waals surface area contributed by atoms with Crippen molar-refractivity contribution >= 4 is 11.6 Å². The molecular formula is C14H23N3O2. The Balaban J connectivity index is 2.02. The highest BCUT2D eigenvalue weighted by atomic mass is 16.5. The lowest BCUT2D eigenvalue weighted by atomic mass is 9.94. The number of aliphatic hydroxyl groups is 1. The zero-order valence-corrected chi connectivity index (χ0v) is 11.7. The lowest BCUT2D eigenvalue weighted by Gasteiger charge is -2.35. The minimum atomic E-state index is -0.664. The van der Waals surface area contributed by atoms with Gasteiger partial charge in [0, 0.05) is 46.2 Å². The van der Waals surface area contributed by atoms with Gasteiger partial charge in [-0.05, 0) is 19.1 Å². The molecule has 5 nitrogen and oxygen atoms in total. The molecule has 2 N–H and O–H groups in total. The monoisotopic (exact) mass is 265 g/mol. The van der Waals surface area contributed by atoms with Crippen LogP contribution in [0.5, 0.6) is 0 Å². The van der Waals surface area contributed by atoms with Gasteiger partial charge in [0.05, 0.1) is 5.60 Å². The van der Waals surface area contributed by atoms with Gasteiger partial charge in [0.2, 0.25) is 0 Å². The lowest BCUT2D eigenvalue weighted by Crippen LogP contribution is -2.46. The molecule has 0 amide bonds. The van der Waals surface area contributed by atoms with Crippen molar-refractivity contribution in [2.45, 2.75) is 25.4 Å². The smallest absolute Gasteiger partial charge is 0.130 e. The van der Waals surface area contributed by atoms with Crippen molar-refractivity contribution < 1.29 is 9.84 Å². The summed E-state index contributed by atoms with van der Waals surface area (Å²) in [5.74, 6) is 1.74. The number of hydrogen-bond acceptors (Lipinski definition) is 5. The minimum absolute atomic E-state index is 0.582. The predicted molar refractivity (Wildman–Crippen MR) is 76.7 cm³/mol. The maximum absolute atomic E-state index is 10.5. The number of nitrogens with zero attached hydrogens (tertiary/aromatic N) is 2. The molecular weight excluding hydrogens is 242 g/mol. The molecule has 1 aliphatic heterocycles. The fraction of sp³-hybridized carbons (Fsp3) is 0.643. The van der Waals surface area contributed by atoms with Crippen molar-refractivity contribution in [3.63, 3.8) is 0 Å². The summed E-state index contributed by atoms with van der Waals surface area (Å²) in [6.07, 6.45) is 1.37.